The molecule has 1 heterocycles. The highest BCUT2D eigenvalue weighted by atomic mass is 79.9. The number of para-hydroxylation sites is 1. The molecule has 100 valence electrons. The third-order valence-corrected chi connectivity index (χ3v) is 4.85. The number of hydrogen-bond donors (Lipinski definition) is 0. The number of thioether (sulfide) groups is 1. The smallest absolute Gasteiger partial charge is 0.188 e. The molecule has 0 atom stereocenters. The first-order valence-corrected chi connectivity index (χ1v) is 7.78. The molecule has 2 aromatic rings. The maximum absolute atomic E-state index is 12.3. The van der Waals surface area contributed by atoms with E-state index in [1.54, 1.807) is 17.8 Å². The van der Waals surface area contributed by atoms with E-state index in [1.165, 1.54) is 4.90 Å². The van der Waals surface area contributed by atoms with Crippen LogP contribution in [-0.2, 0) is 0 Å². The summed E-state index contributed by atoms with van der Waals surface area (Å²) in [6.45, 7) is 0. The lowest BCUT2D eigenvalue weighted by molar-refractivity contribution is 0.104. The Morgan fingerprint density at radius 2 is 1.85 bits per heavy atom. The second kappa shape index (κ2) is 5.46. The molecule has 0 unspecified atom stereocenters. The van der Waals surface area contributed by atoms with Crippen LogP contribution in [0.5, 0.6) is 0 Å². The highest BCUT2D eigenvalue weighted by Crippen LogP contribution is 2.44. The largest absolute Gasteiger partial charge is 0.338 e. The van der Waals surface area contributed by atoms with Crippen LogP contribution in [0.25, 0.3) is 0 Å². The molecule has 0 spiro atoms. The van der Waals surface area contributed by atoms with Crippen molar-refractivity contribution in [3.63, 3.8) is 0 Å². The SMILES string of the molecule is CN1C(=CC(=O)c2ccc(Br)cc2)Sc2ccccc21. The molecule has 0 bridgehead atoms. The number of allylic oxidation sites excluding steroid dienone is 1. The number of benzene rings is 2. The third-order valence-electron chi connectivity index (χ3n) is 3.16. The second-order valence-corrected chi connectivity index (χ2v) is 6.46. The number of anilines is 1. The molecular weight excluding hydrogens is 334 g/mol. The van der Waals surface area contributed by atoms with E-state index in [9.17, 15) is 4.79 Å². The molecule has 0 amide bonds. The van der Waals surface area contributed by atoms with Crippen molar-refractivity contribution in [3.8, 4) is 0 Å². The molecule has 0 saturated carbocycles. The van der Waals surface area contributed by atoms with Crippen LogP contribution in [0.4, 0.5) is 5.69 Å². The molecular formula is C16H12BrNOS. The number of carbonyl (C=O) groups excluding carboxylic acids is 1. The van der Waals surface area contributed by atoms with Crippen LogP contribution in [0.1, 0.15) is 10.4 Å². The third kappa shape index (κ3) is 2.53. The maximum atomic E-state index is 12.3. The fourth-order valence-electron chi connectivity index (χ4n) is 2.06. The van der Waals surface area contributed by atoms with Crippen LogP contribution < -0.4 is 4.90 Å². The molecule has 3 rings (SSSR count). The molecule has 20 heavy (non-hydrogen) atoms. The topological polar surface area (TPSA) is 20.3 Å². The van der Waals surface area contributed by atoms with Crippen molar-refractivity contribution in [2.45, 2.75) is 4.90 Å². The lowest BCUT2D eigenvalue weighted by Gasteiger charge is -2.12. The molecule has 2 nitrogen and oxygen atoms in total. The van der Waals surface area contributed by atoms with Crippen molar-refractivity contribution in [3.05, 3.63) is 69.7 Å². The molecule has 2 aromatic carbocycles. The summed E-state index contributed by atoms with van der Waals surface area (Å²) in [4.78, 5) is 15.5. The summed E-state index contributed by atoms with van der Waals surface area (Å²) in [5, 5.41) is 0.958. The fraction of sp³-hybridized carbons (Fsp3) is 0.0625. The van der Waals surface area contributed by atoms with Crippen LogP contribution in [0.2, 0.25) is 0 Å². The van der Waals surface area contributed by atoms with E-state index >= 15 is 0 Å². The monoisotopic (exact) mass is 345 g/mol. The van der Waals surface area contributed by atoms with E-state index in [0.29, 0.717) is 5.56 Å². The molecule has 0 fully saturated rings. The van der Waals surface area contributed by atoms with E-state index in [1.807, 2.05) is 43.4 Å². The fourth-order valence-corrected chi connectivity index (χ4v) is 3.40. The van der Waals surface area contributed by atoms with Crippen molar-refractivity contribution in [2.75, 3.05) is 11.9 Å². The van der Waals surface area contributed by atoms with Crippen molar-refractivity contribution in [2.24, 2.45) is 0 Å². The first kappa shape index (κ1) is 13.5. The van der Waals surface area contributed by atoms with Gasteiger partial charge in [-0.25, -0.2) is 0 Å². The zero-order valence-corrected chi connectivity index (χ0v) is 13.2. The Morgan fingerprint density at radius 3 is 2.55 bits per heavy atom. The minimum Gasteiger partial charge on any atom is -0.338 e. The zero-order chi connectivity index (χ0) is 14.1. The Labute approximate surface area is 130 Å². The van der Waals surface area contributed by atoms with Crippen molar-refractivity contribution >= 4 is 39.2 Å². The van der Waals surface area contributed by atoms with E-state index in [0.717, 1.165) is 15.2 Å². The summed E-state index contributed by atoms with van der Waals surface area (Å²) >= 11 is 5.00. The number of fused-ring (bicyclic) bond motifs is 1. The Hall–Kier alpha value is -1.52. The van der Waals surface area contributed by atoms with Gasteiger partial charge < -0.3 is 4.90 Å². The highest BCUT2D eigenvalue weighted by molar-refractivity contribution is 9.10. The summed E-state index contributed by atoms with van der Waals surface area (Å²) in [5.74, 6) is 0.0275. The number of halogens is 1. The lowest BCUT2D eigenvalue weighted by atomic mass is 10.1. The van der Waals surface area contributed by atoms with Crippen molar-refractivity contribution in [1.29, 1.82) is 0 Å². The minimum atomic E-state index is 0.0275. The standard InChI is InChI=1S/C16H12BrNOS/c1-18-13-4-2-3-5-15(13)20-16(18)10-14(19)11-6-8-12(17)9-7-11/h2-10H,1H3. The van der Waals surface area contributed by atoms with Gasteiger partial charge in [-0.1, -0.05) is 39.8 Å². The van der Waals surface area contributed by atoms with Crippen LogP contribution in [0.3, 0.4) is 0 Å². The summed E-state index contributed by atoms with van der Waals surface area (Å²) in [6.07, 6.45) is 1.70. The first-order valence-electron chi connectivity index (χ1n) is 6.17. The van der Waals surface area contributed by atoms with Crippen LogP contribution >= 0.6 is 27.7 Å². The second-order valence-electron chi connectivity index (χ2n) is 4.48. The molecule has 0 radical (unpaired) electrons. The molecule has 1 aliphatic heterocycles. The van der Waals surface area contributed by atoms with E-state index in [-0.39, 0.29) is 5.78 Å². The van der Waals surface area contributed by atoms with Gasteiger partial charge in [0.2, 0.25) is 0 Å². The van der Waals surface area contributed by atoms with E-state index in [2.05, 4.69) is 33.0 Å². The molecule has 0 aliphatic carbocycles. The molecule has 0 aromatic heterocycles. The van der Waals surface area contributed by atoms with Crippen LogP contribution in [0, 0.1) is 0 Å². The van der Waals surface area contributed by atoms with Gasteiger partial charge in [0, 0.05) is 28.1 Å². The first-order chi connectivity index (χ1) is 9.65. The van der Waals surface area contributed by atoms with Crippen LogP contribution in [-0.4, -0.2) is 12.8 Å². The van der Waals surface area contributed by atoms with Gasteiger partial charge in [-0.15, -0.1) is 0 Å². The van der Waals surface area contributed by atoms with E-state index in [4.69, 9.17) is 0 Å². The molecule has 0 N–H and O–H groups in total. The predicted molar refractivity (Wildman–Crippen MR) is 87.3 cm³/mol. The average molecular weight is 346 g/mol. The molecule has 0 saturated heterocycles. The van der Waals surface area contributed by atoms with Gasteiger partial charge in [-0.05, 0) is 36.4 Å². The summed E-state index contributed by atoms with van der Waals surface area (Å²) in [5.41, 5.74) is 1.85. The predicted octanol–water partition coefficient (Wildman–Crippen LogP) is 4.72. The van der Waals surface area contributed by atoms with Crippen molar-refractivity contribution in [1.82, 2.24) is 0 Å². The summed E-state index contributed by atoms with van der Waals surface area (Å²) in [7, 11) is 1.99. The quantitative estimate of drug-likeness (QED) is 0.580. The van der Waals surface area contributed by atoms with Gasteiger partial charge >= 0.3 is 0 Å². The Balaban J connectivity index is 1.87. The number of ketones is 1. The molecule has 1 aliphatic rings. The lowest BCUT2D eigenvalue weighted by Crippen LogP contribution is -2.11. The molecule has 4 heteroatoms. The van der Waals surface area contributed by atoms with Gasteiger partial charge in [0.25, 0.3) is 0 Å². The summed E-state index contributed by atoms with van der Waals surface area (Å²) < 4.78 is 0.974. The van der Waals surface area contributed by atoms with Crippen LogP contribution in [0.15, 0.2) is 69.0 Å². The van der Waals surface area contributed by atoms with Gasteiger partial charge in [0.1, 0.15) is 0 Å². The zero-order valence-electron chi connectivity index (χ0n) is 10.8. The van der Waals surface area contributed by atoms with Gasteiger partial charge in [0.15, 0.2) is 5.78 Å². The average Bonchev–Trinajstić information content (AvgIpc) is 2.77. The van der Waals surface area contributed by atoms with Gasteiger partial charge in [-0.3, -0.25) is 4.79 Å². The van der Waals surface area contributed by atoms with Gasteiger partial charge in [-0.2, -0.15) is 0 Å². The Kier molecular flexibility index (Phi) is 3.68. The number of hydrogen-bond acceptors (Lipinski definition) is 3. The number of rotatable bonds is 2. The number of carbonyl (C=O) groups is 1. The highest BCUT2D eigenvalue weighted by Gasteiger charge is 2.22. The Bertz CT molecular complexity index is 694. The maximum Gasteiger partial charge on any atom is 0.188 e. The minimum absolute atomic E-state index is 0.0275. The van der Waals surface area contributed by atoms with E-state index < -0.39 is 0 Å². The van der Waals surface area contributed by atoms with Gasteiger partial charge in [0.05, 0.1) is 10.7 Å². The number of nitrogens with zero attached hydrogens (tertiary/aromatic N) is 1. The van der Waals surface area contributed by atoms with Crippen molar-refractivity contribution < 1.29 is 4.79 Å². The summed E-state index contributed by atoms with van der Waals surface area (Å²) in [6, 6.07) is 15.6. The normalized spacial score (nSPS) is 15.5. The Morgan fingerprint density at radius 1 is 1.15 bits per heavy atom.